The molecule has 1 saturated heterocycles. The van der Waals surface area contributed by atoms with Crippen LogP contribution < -0.4 is 10.0 Å². The number of nitrogens with two attached hydrogens (primary N) is 1. The van der Waals surface area contributed by atoms with Crippen molar-refractivity contribution in [3.8, 4) is 0 Å². The lowest BCUT2D eigenvalue weighted by molar-refractivity contribution is -0.384. The smallest absolute Gasteiger partial charge is 0.293 e. The van der Waals surface area contributed by atoms with Gasteiger partial charge in [0, 0.05) is 19.2 Å². The molecule has 0 aromatic heterocycles. The van der Waals surface area contributed by atoms with Crippen LogP contribution in [0.25, 0.3) is 0 Å². The molecule has 2 rings (SSSR count). The van der Waals surface area contributed by atoms with Crippen LogP contribution in [0.3, 0.4) is 0 Å². The quantitative estimate of drug-likeness (QED) is 0.672. The third kappa shape index (κ3) is 3.07. The molecule has 0 bridgehead atoms. The van der Waals surface area contributed by atoms with Gasteiger partial charge < -0.3 is 4.90 Å². The fourth-order valence-corrected chi connectivity index (χ4v) is 3.04. The zero-order valence-corrected chi connectivity index (χ0v) is 12.0. The predicted octanol–water partition coefficient (Wildman–Crippen LogP) is 1.48. The van der Waals surface area contributed by atoms with E-state index in [4.69, 9.17) is 5.14 Å². The van der Waals surface area contributed by atoms with Gasteiger partial charge in [-0.25, -0.2) is 13.6 Å². The molecule has 1 aromatic carbocycles. The van der Waals surface area contributed by atoms with Gasteiger partial charge in [0.1, 0.15) is 5.69 Å². The Morgan fingerprint density at radius 3 is 2.70 bits per heavy atom. The summed E-state index contributed by atoms with van der Waals surface area (Å²) in [7, 11) is -3.94. The Bertz CT molecular complexity index is 630. The van der Waals surface area contributed by atoms with Crippen molar-refractivity contribution >= 4 is 21.4 Å². The Hall–Kier alpha value is -1.67. The third-order valence-corrected chi connectivity index (χ3v) is 4.38. The summed E-state index contributed by atoms with van der Waals surface area (Å²) in [5.41, 5.74) is 0.236. The van der Waals surface area contributed by atoms with Gasteiger partial charge in [-0.1, -0.05) is 6.92 Å². The van der Waals surface area contributed by atoms with Gasteiger partial charge in [0.2, 0.25) is 10.0 Å². The number of sulfonamides is 1. The molecule has 0 amide bonds. The summed E-state index contributed by atoms with van der Waals surface area (Å²) in [6, 6.07) is 3.82. The van der Waals surface area contributed by atoms with Crippen LogP contribution in [0.5, 0.6) is 0 Å². The molecule has 2 N–H and O–H groups in total. The molecular weight excluding hydrogens is 282 g/mol. The summed E-state index contributed by atoms with van der Waals surface area (Å²) in [6.07, 6.45) is 2.06. The molecule has 110 valence electrons. The Kier molecular flexibility index (Phi) is 3.96. The van der Waals surface area contributed by atoms with Crippen LogP contribution in [0.2, 0.25) is 0 Å². The largest absolute Gasteiger partial charge is 0.366 e. The van der Waals surface area contributed by atoms with Crippen molar-refractivity contribution in [1.29, 1.82) is 0 Å². The minimum absolute atomic E-state index is 0.217. The Morgan fingerprint density at radius 1 is 1.45 bits per heavy atom. The van der Waals surface area contributed by atoms with Crippen molar-refractivity contribution in [2.24, 2.45) is 11.1 Å². The van der Waals surface area contributed by atoms with Crippen LogP contribution in [0.1, 0.15) is 19.8 Å². The average Bonchev–Trinajstić information content (AvgIpc) is 2.37. The maximum Gasteiger partial charge on any atom is 0.293 e. The second-order valence-corrected chi connectivity index (χ2v) is 6.71. The van der Waals surface area contributed by atoms with E-state index in [1.54, 1.807) is 0 Å². The van der Waals surface area contributed by atoms with Gasteiger partial charge in [-0.3, -0.25) is 10.1 Å². The molecule has 1 aliphatic heterocycles. The summed E-state index contributed by atoms with van der Waals surface area (Å²) in [6.45, 7) is 3.56. The molecule has 1 heterocycles. The maximum atomic E-state index is 11.3. The van der Waals surface area contributed by atoms with E-state index in [-0.39, 0.29) is 10.6 Å². The third-order valence-electron chi connectivity index (χ3n) is 3.47. The number of piperidine rings is 1. The fourth-order valence-electron chi connectivity index (χ4n) is 2.50. The average molecular weight is 299 g/mol. The number of nitro groups is 1. The molecule has 1 atom stereocenters. The summed E-state index contributed by atoms with van der Waals surface area (Å²) in [5.74, 6) is 0.460. The Balaban J connectivity index is 2.45. The molecule has 8 heteroatoms. The van der Waals surface area contributed by atoms with Gasteiger partial charge in [-0.15, -0.1) is 0 Å². The van der Waals surface area contributed by atoms with Crippen molar-refractivity contribution in [3.63, 3.8) is 0 Å². The van der Waals surface area contributed by atoms with Gasteiger partial charge in [-0.05, 0) is 30.9 Å². The highest BCUT2D eigenvalue weighted by atomic mass is 32.2. The molecule has 0 unspecified atom stereocenters. The van der Waals surface area contributed by atoms with Gasteiger partial charge in [0.15, 0.2) is 0 Å². The predicted molar refractivity (Wildman–Crippen MR) is 75.1 cm³/mol. The van der Waals surface area contributed by atoms with Crippen molar-refractivity contribution in [2.45, 2.75) is 24.7 Å². The van der Waals surface area contributed by atoms with Gasteiger partial charge in [0.25, 0.3) is 5.69 Å². The lowest BCUT2D eigenvalue weighted by Gasteiger charge is -2.32. The first-order chi connectivity index (χ1) is 9.29. The van der Waals surface area contributed by atoms with E-state index in [9.17, 15) is 18.5 Å². The molecule has 7 nitrogen and oxygen atoms in total. The second-order valence-electron chi connectivity index (χ2n) is 5.15. The SMILES string of the molecule is C[C@@H]1CCCN(c2ccc(S(N)(=O)=O)cc2[N+](=O)[O-])C1. The van der Waals surface area contributed by atoms with E-state index >= 15 is 0 Å². The minimum atomic E-state index is -3.94. The number of nitrogens with zero attached hydrogens (tertiary/aromatic N) is 2. The van der Waals surface area contributed by atoms with Crippen LogP contribution in [-0.2, 0) is 10.0 Å². The molecule has 0 radical (unpaired) electrons. The van der Waals surface area contributed by atoms with Crippen molar-refractivity contribution in [1.82, 2.24) is 0 Å². The van der Waals surface area contributed by atoms with E-state index in [1.165, 1.54) is 12.1 Å². The highest BCUT2D eigenvalue weighted by molar-refractivity contribution is 7.89. The van der Waals surface area contributed by atoms with E-state index < -0.39 is 14.9 Å². The van der Waals surface area contributed by atoms with Crippen LogP contribution in [0, 0.1) is 16.0 Å². The molecule has 0 saturated carbocycles. The number of hydrogen-bond acceptors (Lipinski definition) is 5. The number of benzene rings is 1. The minimum Gasteiger partial charge on any atom is -0.366 e. The number of rotatable bonds is 3. The van der Waals surface area contributed by atoms with Gasteiger partial charge >= 0.3 is 0 Å². The van der Waals surface area contributed by atoms with Crippen LogP contribution >= 0.6 is 0 Å². The first kappa shape index (κ1) is 14.7. The molecule has 1 aromatic rings. The van der Waals surface area contributed by atoms with Crippen LogP contribution in [0.15, 0.2) is 23.1 Å². The van der Waals surface area contributed by atoms with Crippen LogP contribution in [0.4, 0.5) is 11.4 Å². The first-order valence-electron chi connectivity index (χ1n) is 6.35. The molecule has 0 spiro atoms. The van der Waals surface area contributed by atoms with Crippen molar-refractivity contribution in [2.75, 3.05) is 18.0 Å². The topological polar surface area (TPSA) is 107 Å². The first-order valence-corrected chi connectivity index (χ1v) is 7.90. The summed E-state index contributed by atoms with van der Waals surface area (Å²) >= 11 is 0. The van der Waals surface area contributed by atoms with E-state index in [1.807, 2.05) is 4.90 Å². The van der Waals surface area contributed by atoms with Gasteiger partial charge in [-0.2, -0.15) is 0 Å². The van der Waals surface area contributed by atoms with E-state index in [0.717, 1.165) is 32.0 Å². The summed E-state index contributed by atoms with van der Waals surface area (Å²) < 4.78 is 22.6. The number of hydrogen-bond donors (Lipinski definition) is 1. The zero-order valence-electron chi connectivity index (χ0n) is 11.2. The maximum absolute atomic E-state index is 11.3. The molecule has 20 heavy (non-hydrogen) atoms. The number of primary sulfonamides is 1. The number of anilines is 1. The Labute approximate surface area is 117 Å². The highest BCUT2D eigenvalue weighted by Gasteiger charge is 2.25. The molecular formula is C12H17N3O4S. The molecule has 1 fully saturated rings. The molecule has 0 aliphatic carbocycles. The van der Waals surface area contributed by atoms with Crippen molar-refractivity contribution in [3.05, 3.63) is 28.3 Å². The summed E-state index contributed by atoms with van der Waals surface area (Å²) in [5, 5.41) is 16.2. The van der Waals surface area contributed by atoms with E-state index in [0.29, 0.717) is 11.6 Å². The normalized spacial score (nSPS) is 19.9. The lowest BCUT2D eigenvalue weighted by Crippen LogP contribution is -2.34. The fraction of sp³-hybridized carbons (Fsp3) is 0.500. The summed E-state index contributed by atoms with van der Waals surface area (Å²) in [4.78, 5) is 12.3. The zero-order chi connectivity index (χ0) is 14.9. The second kappa shape index (κ2) is 5.37. The van der Waals surface area contributed by atoms with E-state index in [2.05, 4.69) is 6.92 Å². The number of nitro benzene ring substituents is 1. The van der Waals surface area contributed by atoms with Gasteiger partial charge in [0.05, 0.1) is 9.82 Å². The standard InChI is InChI=1S/C12H17N3O4S/c1-9-3-2-6-14(8-9)11-5-4-10(20(13,18)19)7-12(11)15(16)17/h4-5,7,9H,2-3,6,8H2,1H3,(H2,13,18,19)/t9-/m1/s1. The van der Waals surface area contributed by atoms with Crippen LogP contribution in [-0.4, -0.2) is 26.4 Å². The van der Waals surface area contributed by atoms with Crippen molar-refractivity contribution < 1.29 is 13.3 Å². The lowest BCUT2D eigenvalue weighted by atomic mass is 9.99. The highest BCUT2D eigenvalue weighted by Crippen LogP contribution is 2.33. The molecule has 1 aliphatic rings. The monoisotopic (exact) mass is 299 g/mol. The Morgan fingerprint density at radius 2 is 2.15 bits per heavy atom.